The largest absolute Gasteiger partial charge is 0.468 e. The first kappa shape index (κ1) is 12.8. The van der Waals surface area contributed by atoms with Crippen LogP contribution in [0.5, 0.6) is 0 Å². The SMILES string of the molecule is COC(=O)C(CCOC1CCOC1)NC1CC1. The smallest absolute Gasteiger partial charge is 0.322 e. The Bertz CT molecular complexity index is 249. The van der Waals surface area contributed by atoms with Gasteiger partial charge in [-0.2, -0.15) is 0 Å². The molecule has 2 aliphatic rings. The Kier molecular flexibility index (Phi) is 4.76. The number of carbonyl (C=O) groups is 1. The van der Waals surface area contributed by atoms with Crippen molar-refractivity contribution in [1.82, 2.24) is 5.32 Å². The number of hydrogen-bond donors (Lipinski definition) is 1. The predicted molar refractivity (Wildman–Crippen MR) is 61.8 cm³/mol. The van der Waals surface area contributed by atoms with Crippen molar-refractivity contribution in [2.75, 3.05) is 26.9 Å². The minimum Gasteiger partial charge on any atom is -0.468 e. The Balaban J connectivity index is 1.66. The molecule has 0 aromatic carbocycles. The second kappa shape index (κ2) is 6.33. The average Bonchev–Trinajstić information content (AvgIpc) is 3.01. The summed E-state index contributed by atoms with van der Waals surface area (Å²) in [6.07, 6.45) is 4.14. The Labute approximate surface area is 102 Å². The Hall–Kier alpha value is -0.650. The highest BCUT2D eigenvalue weighted by Crippen LogP contribution is 2.20. The van der Waals surface area contributed by atoms with Crippen LogP contribution in [0.25, 0.3) is 0 Å². The summed E-state index contributed by atoms with van der Waals surface area (Å²) in [6.45, 7) is 2.04. The highest BCUT2D eigenvalue weighted by atomic mass is 16.5. The lowest BCUT2D eigenvalue weighted by molar-refractivity contribution is -0.143. The van der Waals surface area contributed by atoms with E-state index in [1.165, 1.54) is 7.11 Å². The molecule has 0 amide bonds. The summed E-state index contributed by atoms with van der Waals surface area (Å²) in [7, 11) is 1.43. The normalized spacial score (nSPS) is 25.8. The molecule has 2 unspecified atom stereocenters. The van der Waals surface area contributed by atoms with Crippen molar-refractivity contribution in [2.24, 2.45) is 0 Å². The van der Waals surface area contributed by atoms with E-state index in [0.717, 1.165) is 25.9 Å². The number of methoxy groups -OCH3 is 1. The van der Waals surface area contributed by atoms with Crippen molar-refractivity contribution in [3.63, 3.8) is 0 Å². The van der Waals surface area contributed by atoms with Crippen molar-refractivity contribution in [3.8, 4) is 0 Å². The molecule has 1 saturated heterocycles. The Morgan fingerprint density at radius 3 is 2.88 bits per heavy atom. The molecule has 1 saturated carbocycles. The van der Waals surface area contributed by atoms with E-state index in [4.69, 9.17) is 14.2 Å². The van der Waals surface area contributed by atoms with Gasteiger partial charge in [-0.15, -0.1) is 0 Å². The zero-order chi connectivity index (χ0) is 12.1. The van der Waals surface area contributed by atoms with Gasteiger partial charge < -0.3 is 19.5 Å². The molecule has 5 heteroatoms. The lowest BCUT2D eigenvalue weighted by Gasteiger charge is -2.17. The van der Waals surface area contributed by atoms with Crippen LogP contribution in [0.3, 0.4) is 0 Å². The molecule has 1 aliphatic heterocycles. The predicted octanol–water partition coefficient (Wildman–Crippen LogP) is 0.476. The summed E-state index contributed by atoms with van der Waals surface area (Å²) in [6, 6.07) is 0.267. The standard InChI is InChI=1S/C12H21NO4/c1-15-12(14)11(13-9-2-3-9)5-7-17-10-4-6-16-8-10/h9-11,13H,2-8H2,1H3. The second-order valence-corrected chi connectivity index (χ2v) is 4.66. The molecule has 2 rings (SSSR count). The van der Waals surface area contributed by atoms with Gasteiger partial charge in [-0.3, -0.25) is 4.79 Å². The molecular weight excluding hydrogens is 222 g/mol. The highest BCUT2D eigenvalue weighted by molar-refractivity contribution is 5.75. The van der Waals surface area contributed by atoms with Crippen LogP contribution < -0.4 is 5.32 Å². The second-order valence-electron chi connectivity index (χ2n) is 4.66. The van der Waals surface area contributed by atoms with Crippen LogP contribution in [-0.4, -0.2) is 51.1 Å². The molecule has 2 atom stereocenters. The number of rotatable bonds is 7. The molecule has 1 heterocycles. The maximum Gasteiger partial charge on any atom is 0.322 e. The van der Waals surface area contributed by atoms with Gasteiger partial charge in [0.05, 0.1) is 19.8 Å². The van der Waals surface area contributed by atoms with Crippen molar-refractivity contribution >= 4 is 5.97 Å². The van der Waals surface area contributed by atoms with Gasteiger partial charge in [0.25, 0.3) is 0 Å². The molecule has 0 spiro atoms. The van der Waals surface area contributed by atoms with Crippen molar-refractivity contribution in [1.29, 1.82) is 0 Å². The summed E-state index contributed by atoms with van der Waals surface area (Å²) in [5.41, 5.74) is 0. The molecule has 0 aromatic rings. The molecule has 1 aliphatic carbocycles. The van der Waals surface area contributed by atoms with Gasteiger partial charge >= 0.3 is 5.97 Å². The number of carbonyl (C=O) groups excluding carboxylic acids is 1. The zero-order valence-electron chi connectivity index (χ0n) is 10.3. The van der Waals surface area contributed by atoms with Gasteiger partial charge in [0.2, 0.25) is 0 Å². The number of esters is 1. The van der Waals surface area contributed by atoms with Crippen molar-refractivity contribution < 1.29 is 19.0 Å². The van der Waals surface area contributed by atoms with Gasteiger partial charge in [0.1, 0.15) is 6.04 Å². The molecule has 98 valence electrons. The average molecular weight is 243 g/mol. The topological polar surface area (TPSA) is 56.8 Å². The van der Waals surface area contributed by atoms with Crippen LogP contribution in [0.2, 0.25) is 0 Å². The third-order valence-corrected chi connectivity index (χ3v) is 3.15. The van der Waals surface area contributed by atoms with E-state index in [2.05, 4.69) is 5.32 Å². The van der Waals surface area contributed by atoms with E-state index in [9.17, 15) is 4.79 Å². The molecule has 5 nitrogen and oxygen atoms in total. The van der Waals surface area contributed by atoms with Gasteiger partial charge in [-0.1, -0.05) is 0 Å². The monoisotopic (exact) mass is 243 g/mol. The van der Waals surface area contributed by atoms with Crippen LogP contribution in [-0.2, 0) is 19.0 Å². The molecule has 2 fully saturated rings. The number of nitrogens with one attached hydrogen (secondary N) is 1. The van der Waals surface area contributed by atoms with Crippen LogP contribution in [0.1, 0.15) is 25.7 Å². The summed E-state index contributed by atoms with van der Waals surface area (Å²) in [5.74, 6) is -0.192. The van der Waals surface area contributed by atoms with Crippen molar-refractivity contribution in [2.45, 2.75) is 43.9 Å². The van der Waals surface area contributed by atoms with E-state index >= 15 is 0 Å². The third-order valence-electron chi connectivity index (χ3n) is 3.15. The first-order valence-corrected chi connectivity index (χ1v) is 6.33. The fraction of sp³-hybridized carbons (Fsp3) is 0.917. The first-order chi connectivity index (χ1) is 8.29. The van der Waals surface area contributed by atoms with Gasteiger partial charge in [0.15, 0.2) is 0 Å². The summed E-state index contributed by atoms with van der Waals surface area (Å²) >= 11 is 0. The van der Waals surface area contributed by atoms with Gasteiger partial charge in [0, 0.05) is 19.3 Å². The number of ether oxygens (including phenoxy) is 3. The van der Waals surface area contributed by atoms with Crippen LogP contribution in [0.15, 0.2) is 0 Å². The van der Waals surface area contributed by atoms with E-state index < -0.39 is 0 Å². The lowest BCUT2D eigenvalue weighted by Crippen LogP contribution is -2.40. The Morgan fingerprint density at radius 2 is 2.29 bits per heavy atom. The highest BCUT2D eigenvalue weighted by Gasteiger charge is 2.29. The lowest BCUT2D eigenvalue weighted by atomic mass is 10.2. The van der Waals surface area contributed by atoms with Crippen LogP contribution >= 0.6 is 0 Å². The maximum absolute atomic E-state index is 11.5. The quantitative estimate of drug-likeness (QED) is 0.659. The Morgan fingerprint density at radius 1 is 1.47 bits per heavy atom. The summed E-state index contributed by atoms with van der Waals surface area (Å²) in [4.78, 5) is 11.5. The molecule has 1 N–H and O–H groups in total. The van der Waals surface area contributed by atoms with E-state index in [0.29, 0.717) is 25.7 Å². The fourth-order valence-corrected chi connectivity index (χ4v) is 1.94. The number of hydrogen-bond acceptors (Lipinski definition) is 5. The van der Waals surface area contributed by atoms with E-state index in [1.54, 1.807) is 0 Å². The summed E-state index contributed by atoms with van der Waals surface area (Å²) in [5, 5.41) is 3.28. The molecule has 0 aromatic heterocycles. The van der Waals surface area contributed by atoms with E-state index in [-0.39, 0.29) is 18.1 Å². The fourth-order valence-electron chi connectivity index (χ4n) is 1.94. The molecule has 17 heavy (non-hydrogen) atoms. The van der Waals surface area contributed by atoms with E-state index in [1.807, 2.05) is 0 Å². The summed E-state index contributed by atoms with van der Waals surface area (Å²) < 4.78 is 15.7. The first-order valence-electron chi connectivity index (χ1n) is 6.33. The molecule has 0 radical (unpaired) electrons. The maximum atomic E-state index is 11.5. The molecular formula is C12H21NO4. The van der Waals surface area contributed by atoms with Gasteiger partial charge in [-0.25, -0.2) is 0 Å². The minimum atomic E-state index is -0.227. The minimum absolute atomic E-state index is 0.192. The van der Waals surface area contributed by atoms with Crippen LogP contribution in [0, 0.1) is 0 Å². The molecule has 0 bridgehead atoms. The van der Waals surface area contributed by atoms with Gasteiger partial charge in [-0.05, 0) is 25.7 Å². The zero-order valence-corrected chi connectivity index (χ0v) is 10.3. The van der Waals surface area contributed by atoms with Crippen molar-refractivity contribution in [3.05, 3.63) is 0 Å². The third kappa shape index (κ3) is 4.26. The van der Waals surface area contributed by atoms with Crippen LogP contribution in [0.4, 0.5) is 0 Å².